The predicted molar refractivity (Wildman–Crippen MR) is 112 cm³/mol. The van der Waals surface area contributed by atoms with Gasteiger partial charge in [-0.15, -0.1) is 10.2 Å². The van der Waals surface area contributed by atoms with Crippen molar-refractivity contribution in [3.05, 3.63) is 60.0 Å². The van der Waals surface area contributed by atoms with Crippen molar-refractivity contribution in [2.75, 3.05) is 33.8 Å². The summed E-state index contributed by atoms with van der Waals surface area (Å²) in [6, 6.07) is 14.0. The van der Waals surface area contributed by atoms with Crippen LogP contribution in [0.2, 0.25) is 0 Å². The van der Waals surface area contributed by atoms with Crippen LogP contribution in [0.5, 0.6) is 5.75 Å². The number of hydrogen-bond acceptors (Lipinski definition) is 4. The number of likely N-dealkylation sites (N-methyl/N-ethyl adjacent to an activating group) is 1. The SMILES string of the molecule is CN=C(NCCCc1nnc2ccccn12)N(C)CCOc1ccccc1C. The van der Waals surface area contributed by atoms with E-state index in [9.17, 15) is 0 Å². The Kier molecular flexibility index (Phi) is 6.84. The van der Waals surface area contributed by atoms with Crippen LogP contribution in [0, 0.1) is 6.92 Å². The van der Waals surface area contributed by atoms with Crippen LogP contribution in [0.15, 0.2) is 53.7 Å². The minimum atomic E-state index is 0.605. The predicted octanol–water partition coefficient (Wildman–Crippen LogP) is 2.56. The highest BCUT2D eigenvalue weighted by Crippen LogP contribution is 2.15. The van der Waals surface area contributed by atoms with Crippen LogP contribution in [-0.2, 0) is 6.42 Å². The summed E-state index contributed by atoms with van der Waals surface area (Å²) in [6.07, 6.45) is 3.80. The summed E-state index contributed by atoms with van der Waals surface area (Å²) >= 11 is 0. The lowest BCUT2D eigenvalue weighted by Crippen LogP contribution is -2.41. The second-order valence-corrected chi connectivity index (χ2v) is 6.66. The van der Waals surface area contributed by atoms with Gasteiger partial charge in [-0.25, -0.2) is 0 Å². The molecule has 28 heavy (non-hydrogen) atoms. The Morgan fingerprint density at radius 1 is 1.18 bits per heavy atom. The number of nitrogens with one attached hydrogen (secondary N) is 1. The van der Waals surface area contributed by atoms with Crippen LogP contribution < -0.4 is 10.1 Å². The van der Waals surface area contributed by atoms with E-state index in [0.717, 1.165) is 54.7 Å². The minimum absolute atomic E-state index is 0.605. The number of aliphatic imine (C=N–C) groups is 1. The van der Waals surface area contributed by atoms with E-state index >= 15 is 0 Å². The van der Waals surface area contributed by atoms with Gasteiger partial charge in [-0.2, -0.15) is 0 Å². The number of ether oxygens (including phenoxy) is 1. The molecule has 2 aromatic heterocycles. The second kappa shape index (κ2) is 9.73. The number of nitrogens with zero attached hydrogens (tertiary/aromatic N) is 5. The molecule has 1 N–H and O–H groups in total. The normalized spacial score (nSPS) is 11.6. The number of guanidine groups is 1. The summed E-state index contributed by atoms with van der Waals surface area (Å²) in [5.74, 6) is 2.77. The molecule has 148 valence electrons. The maximum Gasteiger partial charge on any atom is 0.193 e. The van der Waals surface area contributed by atoms with Crippen LogP contribution in [-0.4, -0.2) is 59.2 Å². The molecule has 7 heteroatoms. The Hall–Kier alpha value is -3.09. The van der Waals surface area contributed by atoms with E-state index in [1.165, 1.54) is 0 Å². The van der Waals surface area contributed by atoms with Crippen molar-refractivity contribution in [1.29, 1.82) is 0 Å². The van der Waals surface area contributed by atoms with Crippen molar-refractivity contribution >= 4 is 11.6 Å². The van der Waals surface area contributed by atoms with Crippen LogP contribution >= 0.6 is 0 Å². The molecule has 1 aromatic carbocycles. The van der Waals surface area contributed by atoms with Crippen molar-refractivity contribution in [3.63, 3.8) is 0 Å². The molecule has 2 heterocycles. The number of pyridine rings is 1. The molecular formula is C21H28N6O. The first kappa shape index (κ1) is 19.7. The van der Waals surface area contributed by atoms with Gasteiger partial charge in [0, 0.05) is 33.3 Å². The van der Waals surface area contributed by atoms with Crippen molar-refractivity contribution in [2.24, 2.45) is 4.99 Å². The van der Waals surface area contributed by atoms with Crippen LogP contribution in [0.4, 0.5) is 0 Å². The van der Waals surface area contributed by atoms with Crippen LogP contribution in [0.3, 0.4) is 0 Å². The average Bonchev–Trinajstić information content (AvgIpc) is 3.12. The third kappa shape index (κ3) is 5.00. The zero-order valence-electron chi connectivity index (χ0n) is 16.8. The molecule has 7 nitrogen and oxygen atoms in total. The number of para-hydroxylation sites is 1. The molecule has 0 saturated heterocycles. The van der Waals surface area contributed by atoms with E-state index in [2.05, 4.69) is 38.4 Å². The van der Waals surface area contributed by atoms with Crippen molar-refractivity contribution in [1.82, 2.24) is 24.8 Å². The van der Waals surface area contributed by atoms with Gasteiger partial charge >= 0.3 is 0 Å². The lowest BCUT2D eigenvalue weighted by molar-refractivity contribution is 0.280. The highest BCUT2D eigenvalue weighted by atomic mass is 16.5. The first-order chi connectivity index (χ1) is 13.7. The van der Waals surface area contributed by atoms with Crippen molar-refractivity contribution in [2.45, 2.75) is 19.8 Å². The van der Waals surface area contributed by atoms with Gasteiger partial charge in [-0.3, -0.25) is 9.39 Å². The summed E-state index contributed by atoms with van der Waals surface area (Å²) in [5, 5.41) is 11.9. The fourth-order valence-corrected chi connectivity index (χ4v) is 3.01. The quantitative estimate of drug-likeness (QED) is 0.370. The second-order valence-electron chi connectivity index (χ2n) is 6.66. The Labute approximate surface area is 166 Å². The lowest BCUT2D eigenvalue weighted by atomic mass is 10.2. The Bertz CT molecular complexity index is 920. The third-order valence-corrected chi connectivity index (χ3v) is 4.60. The van der Waals surface area contributed by atoms with Crippen molar-refractivity contribution < 1.29 is 4.74 Å². The molecule has 0 amide bonds. The van der Waals surface area contributed by atoms with Gasteiger partial charge < -0.3 is 15.0 Å². The maximum atomic E-state index is 5.88. The first-order valence-electron chi connectivity index (χ1n) is 9.58. The van der Waals surface area contributed by atoms with E-state index in [-0.39, 0.29) is 0 Å². The molecule has 0 unspecified atom stereocenters. The first-order valence-corrected chi connectivity index (χ1v) is 9.58. The molecule has 0 aliphatic carbocycles. The Morgan fingerprint density at radius 2 is 2.00 bits per heavy atom. The molecular weight excluding hydrogens is 352 g/mol. The van der Waals surface area contributed by atoms with E-state index in [1.54, 1.807) is 7.05 Å². The number of fused-ring (bicyclic) bond motifs is 1. The van der Waals surface area contributed by atoms with Gasteiger partial charge in [-0.05, 0) is 37.1 Å². The number of aromatic nitrogens is 3. The van der Waals surface area contributed by atoms with Gasteiger partial charge in [0.2, 0.25) is 0 Å². The largest absolute Gasteiger partial charge is 0.491 e. The van der Waals surface area contributed by atoms with Crippen molar-refractivity contribution in [3.8, 4) is 5.75 Å². The molecule has 3 aromatic rings. The standard InChI is InChI=1S/C21H28N6O/c1-17-9-4-5-10-18(17)28-16-15-26(3)21(22-2)23-13-8-12-20-25-24-19-11-6-7-14-27(19)20/h4-7,9-11,14H,8,12-13,15-16H2,1-3H3,(H,22,23). The molecule has 0 atom stereocenters. The molecule has 0 radical (unpaired) electrons. The van der Waals surface area contributed by atoms with E-state index < -0.39 is 0 Å². The summed E-state index contributed by atoms with van der Waals surface area (Å²) in [7, 11) is 3.82. The molecule has 0 fully saturated rings. The average molecular weight is 380 g/mol. The number of benzene rings is 1. The summed E-state index contributed by atoms with van der Waals surface area (Å²) < 4.78 is 7.91. The monoisotopic (exact) mass is 380 g/mol. The number of aryl methyl sites for hydroxylation is 2. The third-order valence-electron chi connectivity index (χ3n) is 4.60. The van der Waals surface area contributed by atoms with Gasteiger partial charge in [0.05, 0.1) is 6.54 Å². The highest BCUT2D eigenvalue weighted by molar-refractivity contribution is 5.79. The molecule has 0 saturated carbocycles. The lowest BCUT2D eigenvalue weighted by Gasteiger charge is -2.22. The molecule has 0 bridgehead atoms. The zero-order valence-corrected chi connectivity index (χ0v) is 16.8. The summed E-state index contributed by atoms with van der Waals surface area (Å²) in [4.78, 5) is 6.43. The Morgan fingerprint density at radius 3 is 2.82 bits per heavy atom. The van der Waals surface area contributed by atoms with Crippen LogP contribution in [0.25, 0.3) is 5.65 Å². The van der Waals surface area contributed by atoms with Gasteiger partial charge in [0.15, 0.2) is 11.6 Å². The topological polar surface area (TPSA) is 67.0 Å². The molecule has 0 aliphatic rings. The van der Waals surface area contributed by atoms with E-state index in [1.807, 2.05) is 54.0 Å². The van der Waals surface area contributed by atoms with E-state index in [4.69, 9.17) is 4.74 Å². The number of rotatable bonds is 8. The van der Waals surface area contributed by atoms with Gasteiger partial charge in [0.1, 0.15) is 18.2 Å². The maximum absolute atomic E-state index is 5.88. The zero-order chi connectivity index (χ0) is 19.8. The summed E-state index contributed by atoms with van der Waals surface area (Å²) in [6.45, 7) is 4.23. The number of hydrogen-bond donors (Lipinski definition) is 1. The minimum Gasteiger partial charge on any atom is -0.491 e. The molecule has 3 rings (SSSR count). The van der Waals surface area contributed by atoms with Gasteiger partial charge in [0.25, 0.3) is 0 Å². The van der Waals surface area contributed by atoms with Crippen LogP contribution in [0.1, 0.15) is 17.8 Å². The fraction of sp³-hybridized carbons (Fsp3) is 0.381. The molecule has 0 spiro atoms. The summed E-state index contributed by atoms with van der Waals surface area (Å²) in [5.41, 5.74) is 2.03. The molecule has 0 aliphatic heterocycles. The fourth-order valence-electron chi connectivity index (χ4n) is 3.01. The van der Waals surface area contributed by atoms with E-state index in [0.29, 0.717) is 6.61 Å². The van der Waals surface area contributed by atoms with Gasteiger partial charge in [-0.1, -0.05) is 24.3 Å². The smallest absolute Gasteiger partial charge is 0.193 e. The Balaban J connectivity index is 1.40. The highest BCUT2D eigenvalue weighted by Gasteiger charge is 2.08.